The number of nitrogens with one attached hydrogen (secondary N) is 1. The maximum Gasteiger partial charge on any atom is 0.276 e. The fourth-order valence-electron chi connectivity index (χ4n) is 1.91. The second-order valence-corrected chi connectivity index (χ2v) is 6.94. The Hall–Kier alpha value is -1.96. The molecule has 0 atom stereocenters. The largest absolute Gasteiger partial charge is 0.494 e. The predicted molar refractivity (Wildman–Crippen MR) is 93.9 cm³/mol. The van der Waals surface area contributed by atoms with E-state index in [1.165, 1.54) is 38.6 Å². The lowest BCUT2D eigenvalue weighted by molar-refractivity contribution is 0.394. The summed E-state index contributed by atoms with van der Waals surface area (Å²) in [6.45, 7) is 0. The summed E-state index contributed by atoms with van der Waals surface area (Å²) in [4.78, 5) is 2.21. The van der Waals surface area contributed by atoms with Crippen LogP contribution < -0.4 is 14.3 Å². The molecule has 0 radical (unpaired) electrons. The Balaban J connectivity index is 2.30. The van der Waals surface area contributed by atoms with Crippen molar-refractivity contribution in [3.05, 3.63) is 52.0 Å². The SMILES string of the molecule is COc1c(Cl)cc(/C=N/NS(=O)(=O)c2ccccc2)c(OC)c1Cl. The van der Waals surface area contributed by atoms with E-state index in [1.807, 2.05) is 0 Å². The summed E-state index contributed by atoms with van der Waals surface area (Å²) >= 11 is 12.2. The van der Waals surface area contributed by atoms with Gasteiger partial charge in [-0.05, 0) is 18.2 Å². The van der Waals surface area contributed by atoms with Gasteiger partial charge < -0.3 is 9.47 Å². The number of hydrogen-bond acceptors (Lipinski definition) is 5. The highest BCUT2D eigenvalue weighted by molar-refractivity contribution is 7.89. The Bertz CT molecular complexity index is 856. The van der Waals surface area contributed by atoms with Crippen LogP contribution in [0.2, 0.25) is 10.0 Å². The van der Waals surface area contributed by atoms with Crippen molar-refractivity contribution in [3.63, 3.8) is 0 Å². The minimum Gasteiger partial charge on any atom is -0.494 e. The molecule has 0 aliphatic rings. The molecule has 2 aromatic carbocycles. The number of halogens is 2. The number of ether oxygens (including phenoxy) is 2. The van der Waals surface area contributed by atoms with Crippen molar-refractivity contribution >= 4 is 39.4 Å². The summed E-state index contributed by atoms with van der Waals surface area (Å²) in [5, 5.41) is 4.15. The topological polar surface area (TPSA) is 77.0 Å². The summed E-state index contributed by atoms with van der Waals surface area (Å²) in [5.41, 5.74) is 0.393. The molecule has 9 heteroatoms. The zero-order chi connectivity index (χ0) is 17.7. The highest BCUT2D eigenvalue weighted by atomic mass is 35.5. The van der Waals surface area contributed by atoms with Gasteiger partial charge in [0.15, 0.2) is 5.75 Å². The minimum atomic E-state index is -3.76. The Morgan fingerprint density at radius 2 is 1.71 bits per heavy atom. The molecule has 0 saturated heterocycles. The molecule has 1 N–H and O–H groups in total. The number of methoxy groups -OCH3 is 2. The third kappa shape index (κ3) is 3.92. The molecule has 2 aromatic rings. The van der Waals surface area contributed by atoms with E-state index >= 15 is 0 Å². The summed E-state index contributed by atoms with van der Waals surface area (Å²) in [5.74, 6) is 0.526. The van der Waals surface area contributed by atoms with E-state index in [9.17, 15) is 8.42 Å². The van der Waals surface area contributed by atoms with Crippen LogP contribution in [0.15, 0.2) is 46.4 Å². The smallest absolute Gasteiger partial charge is 0.276 e. The van der Waals surface area contributed by atoms with Crippen LogP contribution in [0.25, 0.3) is 0 Å². The summed E-state index contributed by atoms with van der Waals surface area (Å²) in [6, 6.07) is 9.37. The highest BCUT2D eigenvalue weighted by Crippen LogP contribution is 2.41. The number of rotatable bonds is 6. The fourth-order valence-corrected chi connectivity index (χ4v) is 3.43. The van der Waals surface area contributed by atoms with Crippen molar-refractivity contribution in [3.8, 4) is 11.5 Å². The maximum atomic E-state index is 12.1. The standard InChI is InChI=1S/C15H14Cl2N2O4S/c1-22-14-10(8-12(16)15(23-2)13(14)17)9-18-19-24(20,21)11-6-4-3-5-7-11/h3-9,19H,1-2H3/b18-9+. The Morgan fingerprint density at radius 1 is 1.08 bits per heavy atom. The van der Waals surface area contributed by atoms with Crippen molar-refractivity contribution in [1.29, 1.82) is 0 Å². The lowest BCUT2D eigenvalue weighted by Crippen LogP contribution is -2.18. The van der Waals surface area contributed by atoms with Crippen LogP contribution in [0.4, 0.5) is 0 Å². The van der Waals surface area contributed by atoms with E-state index in [0.29, 0.717) is 5.56 Å². The van der Waals surface area contributed by atoms with E-state index in [1.54, 1.807) is 18.2 Å². The van der Waals surface area contributed by atoms with Crippen LogP contribution in [0, 0.1) is 0 Å². The lowest BCUT2D eigenvalue weighted by atomic mass is 10.2. The van der Waals surface area contributed by atoms with Crippen LogP contribution >= 0.6 is 23.2 Å². The number of benzene rings is 2. The molecule has 128 valence electrons. The van der Waals surface area contributed by atoms with Crippen LogP contribution in [0.5, 0.6) is 11.5 Å². The van der Waals surface area contributed by atoms with E-state index < -0.39 is 10.0 Å². The first-order valence-corrected chi connectivity index (χ1v) is 8.84. The van der Waals surface area contributed by atoms with Gasteiger partial charge in [0.05, 0.1) is 30.4 Å². The second-order valence-electron chi connectivity index (χ2n) is 4.49. The quantitative estimate of drug-likeness (QED) is 0.608. The van der Waals surface area contributed by atoms with Crippen LogP contribution in [0.1, 0.15) is 5.56 Å². The number of hydrazone groups is 1. The van der Waals surface area contributed by atoms with Crippen molar-refractivity contribution < 1.29 is 17.9 Å². The van der Waals surface area contributed by atoms with Gasteiger partial charge in [0.2, 0.25) is 0 Å². The first-order valence-electron chi connectivity index (χ1n) is 6.60. The van der Waals surface area contributed by atoms with E-state index in [4.69, 9.17) is 32.7 Å². The first-order chi connectivity index (χ1) is 11.4. The molecule has 0 heterocycles. The third-order valence-electron chi connectivity index (χ3n) is 3.00. The van der Waals surface area contributed by atoms with Gasteiger partial charge in [0.25, 0.3) is 10.0 Å². The molecular weight excluding hydrogens is 375 g/mol. The molecule has 6 nitrogen and oxygen atoms in total. The molecule has 2 rings (SSSR count). The second kappa shape index (κ2) is 7.74. The van der Waals surface area contributed by atoms with Crippen molar-refractivity contribution in [1.82, 2.24) is 4.83 Å². The normalized spacial score (nSPS) is 11.5. The van der Waals surface area contributed by atoms with Gasteiger partial charge in [-0.25, -0.2) is 4.83 Å². The Kier molecular flexibility index (Phi) is 5.93. The average Bonchev–Trinajstić information content (AvgIpc) is 2.56. The van der Waals surface area contributed by atoms with Gasteiger partial charge in [0, 0.05) is 5.56 Å². The Labute approximate surface area is 150 Å². The van der Waals surface area contributed by atoms with Crippen LogP contribution in [-0.4, -0.2) is 28.9 Å². The Morgan fingerprint density at radius 3 is 2.29 bits per heavy atom. The van der Waals surface area contributed by atoms with Gasteiger partial charge in [0.1, 0.15) is 10.8 Å². The van der Waals surface area contributed by atoms with Gasteiger partial charge in [-0.2, -0.15) is 13.5 Å². The monoisotopic (exact) mass is 388 g/mol. The van der Waals surface area contributed by atoms with Gasteiger partial charge in [-0.1, -0.05) is 41.4 Å². The van der Waals surface area contributed by atoms with E-state index in [2.05, 4.69) is 9.93 Å². The molecule has 0 bridgehead atoms. The van der Waals surface area contributed by atoms with Gasteiger partial charge >= 0.3 is 0 Å². The van der Waals surface area contributed by atoms with Crippen molar-refractivity contribution in [2.45, 2.75) is 4.90 Å². The molecule has 0 unspecified atom stereocenters. The average molecular weight is 389 g/mol. The van der Waals surface area contributed by atoms with Crippen LogP contribution in [-0.2, 0) is 10.0 Å². The number of sulfonamides is 1. The zero-order valence-electron chi connectivity index (χ0n) is 12.8. The summed E-state index contributed by atoms with van der Waals surface area (Å²) < 4.78 is 34.5. The van der Waals surface area contributed by atoms with Gasteiger partial charge in [-0.15, -0.1) is 0 Å². The molecule has 0 aliphatic carbocycles. The van der Waals surface area contributed by atoms with Crippen molar-refractivity contribution in [2.75, 3.05) is 14.2 Å². The molecular formula is C15H14Cl2N2O4S. The highest BCUT2D eigenvalue weighted by Gasteiger charge is 2.17. The maximum absolute atomic E-state index is 12.1. The third-order valence-corrected chi connectivity index (χ3v) is 4.86. The lowest BCUT2D eigenvalue weighted by Gasteiger charge is -2.12. The molecule has 0 saturated carbocycles. The first kappa shape index (κ1) is 18.4. The molecule has 0 aromatic heterocycles. The van der Waals surface area contributed by atoms with Gasteiger partial charge in [-0.3, -0.25) is 0 Å². The molecule has 24 heavy (non-hydrogen) atoms. The molecule has 0 spiro atoms. The fraction of sp³-hybridized carbons (Fsp3) is 0.133. The van der Waals surface area contributed by atoms with E-state index in [-0.39, 0.29) is 26.4 Å². The molecule has 0 aliphatic heterocycles. The summed E-state index contributed by atoms with van der Waals surface area (Å²) in [7, 11) is -0.921. The number of hydrogen-bond donors (Lipinski definition) is 1. The predicted octanol–water partition coefficient (Wildman–Crippen LogP) is 3.32. The van der Waals surface area contributed by atoms with Crippen molar-refractivity contribution in [2.24, 2.45) is 5.10 Å². The minimum absolute atomic E-state index is 0.0971. The summed E-state index contributed by atoms with van der Waals surface area (Å²) in [6.07, 6.45) is 1.25. The van der Waals surface area contributed by atoms with E-state index in [0.717, 1.165) is 0 Å². The molecule has 0 fully saturated rings. The van der Waals surface area contributed by atoms with Crippen LogP contribution in [0.3, 0.4) is 0 Å². The molecule has 0 amide bonds. The zero-order valence-corrected chi connectivity index (χ0v) is 15.1. The number of nitrogens with zero attached hydrogens (tertiary/aromatic N) is 1.